The molecule has 1 aromatic carbocycles. The van der Waals surface area contributed by atoms with Gasteiger partial charge in [-0.15, -0.1) is 0 Å². The molecule has 0 radical (unpaired) electrons. The first-order valence-corrected chi connectivity index (χ1v) is 10.3. The summed E-state index contributed by atoms with van der Waals surface area (Å²) in [4.78, 5) is 43.5. The van der Waals surface area contributed by atoms with Crippen molar-refractivity contribution >= 4 is 19.5 Å². The van der Waals surface area contributed by atoms with Gasteiger partial charge in [0.1, 0.15) is 17.1 Å². The Kier molecular flexibility index (Phi) is 7.10. The first kappa shape index (κ1) is 21.1. The van der Waals surface area contributed by atoms with Crippen molar-refractivity contribution in [2.24, 2.45) is 0 Å². The number of hydrogen-bond donors (Lipinski definition) is 4. The van der Waals surface area contributed by atoms with Crippen molar-refractivity contribution in [2.75, 3.05) is 19.8 Å². The molecule has 0 saturated heterocycles. The summed E-state index contributed by atoms with van der Waals surface area (Å²) >= 11 is 0. The number of Topliss-reactive ketones (excluding diaryl/α,β-unsaturated/α-hetero) is 1. The zero-order chi connectivity index (χ0) is 20.0. The van der Waals surface area contributed by atoms with Crippen LogP contribution in [0.5, 0.6) is 5.75 Å². The van der Waals surface area contributed by atoms with Gasteiger partial charge in [-0.1, -0.05) is 6.07 Å². The van der Waals surface area contributed by atoms with Crippen LogP contribution < -0.4 is 10.1 Å². The van der Waals surface area contributed by atoms with Crippen molar-refractivity contribution < 1.29 is 33.6 Å². The van der Waals surface area contributed by atoms with E-state index in [4.69, 9.17) is 9.15 Å². The highest BCUT2D eigenvalue weighted by Gasteiger charge is 2.37. The zero-order valence-corrected chi connectivity index (χ0v) is 16.0. The molecule has 1 aromatic heterocycles. The largest absolute Gasteiger partial charge is 0.496 e. The first-order chi connectivity index (χ1) is 12.7. The topological polar surface area (TPSA) is 129 Å². The third kappa shape index (κ3) is 6.15. The number of carboxylic acid groups (broad SMARTS) is 1. The molecule has 4 N–H and O–H groups in total. The summed E-state index contributed by atoms with van der Waals surface area (Å²) in [7, 11) is -2.04. The average molecular weight is 396 g/mol. The smallest absolute Gasteiger partial charge is 0.339 e. The van der Waals surface area contributed by atoms with E-state index in [0.29, 0.717) is 11.3 Å². The predicted octanol–water partition coefficient (Wildman–Crippen LogP) is 2.24. The van der Waals surface area contributed by atoms with Gasteiger partial charge in [0.25, 0.3) is 7.72 Å². The SMILES string of the molecule is COc1ccc(C(C)NCC(=O)C[P+](O)(O)Cc2ccco2)cc1C(=O)O. The van der Waals surface area contributed by atoms with E-state index < -0.39 is 13.7 Å². The molecule has 0 aliphatic carbocycles. The number of methoxy groups -OCH3 is 1. The molecule has 0 spiro atoms. The summed E-state index contributed by atoms with van der Waals surface area (Å²) in [5.74, 6) is -0.784. The number of hydrogen-bond acceptors (Lipinski definition) is 7. The Morgan fingerprint density at radius 2 is 2.04 bits per heavy atom. The monoisotopic (exact) mass is 396 g/mol. The molecule has 146 valence electrons. The molecule has 0 bridgehead atoms. The van der Waals surface area contributed by atoms with Crippen LogP contribution in [-0.2, 0) is 11.0 Å². The molecule has 1 heterocycles. The number of aromatic carboxylic acids is 1. The summed E-state index contributed by atoms with van der Waals surface area (Å²) in [6.45, 7) is 1.71. The van der Waals surface area contributed by atoms with Crippen LogP contribution >= 0.6 is 7.72 Å². The summed E-state index contributed by atoms with van der Waals surface area (Å²) in [6, 6.07) is 7.69. The molecule has 1 unspecified atom stereocenters. The molecule has 0 fully saturated rings. The lowest BCUT2D eigenvalue weighted by Gasteiger charge is -2.16. The molecule has 1 atom stereocenters. The zero-order valence-electron chi connectivity index (χ0n) is 15.1. The molecule has 8 nitrogen and oxygen atoms in total. The van der Waals surface area contributed by atoms with Gasteiger partial charge in [0.05, 0.1) is 19.9 Å². The second-order valence-corrected chi connectivity index (χ2v) is 8.57. The van der Waals surface area contributed by atoms with Crippen LogP contribution in [0.3, 0.4) is 0 Å². The third-order valence-corrected chi connectivity index (χ3v) is 5.66. The molecule has 2 aromatic rings. The fraction of sp³-hybridized carbons (Fsp3) is 0.333. The van der Waals surface area contributed by atoms with Crippen LogP contribution in [0.4, 0.5) is 0 Å². The highest BCUT2D eigenvalue weighted by molar-refractivity contribution is 7.64. The number of carbonyl (C=O) groups is 2. The molecule has 27 heavy (non-hydrogen) atoms. The maximum atomic E-state index is 12.1. The van der Waals surface area contributed by atoms with Gasteiger partial charge in [-0.05, 0) is 36.8 Å². The Hall–Kier alpha value is -2.25. The summed E-state index contributed by atoms with van der Waals surface area (Å²) in [5, 5.41) is 12.2. The lowest BCUT2D eigenvalue weighted by molar-refractivity contribution is -0.116. The van der Waals surface area contributed by atoms with Crippen LogP contribution in [0.15, 0.2) is 41.0 Å². The second-order valence-electron chi connectivity index (χ2n) is 6.18. The maximum Gasteiger partial charge on any atom is 0.339 e. The predicted molar refractivity (Wildman–Crippen MR) is 100 cm³/mol. The molecular weight excluding hydrogens is 373 g/mol. The molecule has 2 rings (SSSR count). The Labute approximate surface area is 157 Å². The molecule has 0 amide bonds. The number of ketones is 1. The van der Waals surface area contributed by atoms with E-state index in [0.717, 1.165) is 0 Å². The maximum absolute atomic E-state index is 12.1. The number of carboxylic acids is 1. The van der Waals surface area contributed by atoms with Gasteiger partial charge in [-0.3, -0.25) is 4.79 Å². The number of furan rings is 1. The minimum absolute atomic E-state index is 0.0316. The van der Waals surface area contributed by atoms with Gasteiger partial charge in [0.15, 0.2) is 18.1 Å². The quantitative estimate of drug-likeness (QED) is 0.450. The number of nitrogens with one attached hydrogen (secondary N) is 1. The summed E-state index contributed by atoms with van der Waals surface area (Å²) in [5.41, 5.74) is 0.703. The Morgan fingerprint density at radius 1 is 1.30 bits per heavy atom. The van der Waals surface area contributed by atoms with Crippen LogP contribution in [0.2, 0.25) is 0 Å². The van der Waals surface area contributed by atoms with E-state index >= 15 is 0 Å². The Balaban J connectivity index is 1.92. The van der Waals surface area contributed by atoms with Crippen molar-refractivity contribution in [3.63, 3.8) is 0 Å². The molecule has 9 heteroatoms. The van der Waals surface area contributed by atoms with Crippen molar-refractivity contribution in [1.82, 2.24) is 5.32 Å². The van der Waals surface area contributed by atoms with Crippen LogP contribution in [-0.4, -0.2) is 46.5 Å². The number of rotatable bonds is 10. The fourth-order valence-corrected chi connectivity index (χ4v) is 4.06. The molecule has 0 saturated carbocycles. The second kappa shape index (κ2) is 9.10. The lowest BCUT2D eigenvalue weighted by atomic mass is 10.0. The minimum atomic E-state index is -3.43. The van der Waals surface area contributed by atoms with Gasteiger partial charge in [-0.2, -0.15) is 0 Å². The van der Waals surface area contributed by atoms with E-state index in [1.54, 1.807) is 31.2 Å². The van der Waals surface area contributed by atoms with Crippen molar-refractivity contribution in [3.8, 4) is 5.75 Å². The first-order valence-electron chi connectivity index (χ1n) is 8.23. The standard InChI is InChI=1S/C18H22NO7P/c1-12(13-5-6-17(25-2)16(8-13)18(21)22)19-9-14(20)10-27(23,24)11-15-4-3-7-26-15/h3-8,12,19,23-24H,9-11H2,1-2H3/p+1. The van der Waals surface area contributed by atoms with Gasteiger partial charge < -0.3 is 19.6 Å². The van der Waals surface area contributed by atoms with Crippen LogP contribution in [0.1, 0.15) is 34.6 Å². The molecular formula is C18H23NO7P+. The van der Waals surface area contributed by atoms with Crippen LogP contribution in [0.25, 0.3) is 0 Å². The average Bonchev–Trinajstić information content (AvgIpc) is 3.10. The van der Waals surface area contributed by atoms with E-state index in [-0.39, 0.29) is 42.0 Å². The highest BCUT2D eigenvalue weighted by atomic mass is 31.2. The summed E-state index contributed by atoms with van der Waals surface area (Å²) in [6.07, 6.45) is 0.999. The van der Waals surface area contributed by atoms with Gasteiger partial charge >= 0.3 is 5.97 Å². The van der Waals surface area contributed by atoms with E-state index in [2.05, 4.69) is 5.32 Å². The van der Waals surface area contributed by atoms with Crippen molar-refractivity contribution in [1.29, 1.82) is 0 Å². The lowest BCUT2D eigenvalue weighted by Crippen LogP contribution is -2.28. The van der Waals surface area contributed by atoms with E-state index in [9.17, 15) is 24.5 Å². The molecule has 0 aliphatic heterocycles. The normalized spacial score (nSPS) is 12.6. The third-order valence-electron chi connectivity index (χ3n) is 3.98. The number of carbonyl (C=O) groups excluding carboxylic acids is 1. The van der Waals surface area contributed by atoms with E-state index in [1.807, 2.05) is 0 Å². The van der Waals surface area contributed by atoms with Crippen molar-refractivity contribution in [2.45, 2.75) is 19.1 Å². The van der Waals surface area contributed by atoms with Crippen LogP contribution in [0, 0.1) is 0 Å². The number of benzene rings is 1. The Morgan fingerprint density at radius 3 is 2.63 bits per heavy atom. The minimum Gasteiger partial charge on any atom is -0.496 e. The van der Waals surface area contributed by atoms with Gasteiger partial charge in [-0.25, -0.2) is 14.6 Å². The number of ether oxygens (including phenoxy) is 1. The van der Waals surface area contributed by atoms with Gasteiger partial charge in [0.2, 0.25) is 0 Å². The van der Waals surface area contributed by atoms with E-state index in [1.165, 1.54) is 19.4 Å². The molecule has 0 aliphatic rings. The Bertz CT molecular complexity index is 789. The van der Waals surface area contributed by atoms with Gasteiger partial charge in [0, 0.05) is 6.04 Å². The van der Waals surface area contributed by atoms with Crippen molar-refractivity contribution in [3.05, 3.63) is 53.5 Å². The summed E-state index contributed by atoms with van der Waals surface area (Å²) < 4.78 is 10.1. The fourth-order valence-electron chi connectivity index (χ4n) is 2.59. The highest BCUT2D eigenvalue weighted by Crippen LogP contribution is 2.52.